The molecule has 0 fully saturated rings. The Labute approximate surface area is 193 Å². The molecule has 0 saturated heterocycles. The maximum Gasteiger partial charge on any atom is 0.387 e. The number of nitrogens with one attached hydrogen (secondary N) is 2. The second kappa shape index (κ2) is 10.5. The quantitative estimate of drug-likeness (QED) is 0.523. The average Bonchev–Trinajstić information content (AvgIpc) is 3.19. The minimum absolute atomic E-state index is 0.0469. The highest BCUT2D eigenvalue weighted by Gasteiger charge is 2.21. The second-order valence-electron chi connectivity index (χ2n) is 7.47. The Morgan fingerprint density at radius 1 is 1.12 bits per heavy atom. The summed E-state index contributed by atoms with van der Waals surface area (Å²) in [5.41, 5.74) is 2.48. The van der Waals surface area contributed by atoms with Gasteiger partial charge in [0.05, 0.1) is 12.2 Å². The monoisotopic (exact) mass is 472 g/mol. The van der Waals surface area contributed by atoms with E-state index in [2.05, 4.69) is 37.4 Å². The number of amides is 2. The third-order valence-electron chi connectivity index (χ3n) is 5.06. The van der Waals surface area contributed by atoms with Crippen LogP contribution in [-0.2, 0) is 24.3 Å². The smallest absolute Gasteiger partial charge is 0.387 e. The van der Waals surface area contributed by atoms with Crippen molar-refractivity contribution >= 4 is 28.3 Å². The summed E-state index contributed by atoms with van der Waals surface area (Å²) < 4.78 is 28.6. The number of carbonyl (C=O) groups excluding carboxylic acids is 2. The highest BCUT2D eigenvalue weighted by Crippen LogP contribution is 2.29. The molecule has 0 saturated carbocycles. The van der Waals surface area contributed by atoms with E-state index in [1.165, 1.54) is 41.2 Å². The molecule has 172 valence electrons. The molecule has 1 aromatic heterocycles. The average molecular weight is 473 g/mol. The second-order valence-corrected chi connectivity index (χ2v) is 8.55. The first kappa shape index (κ1) is 22.8. The van der Waals surface area contributed by atoms with Crippen LogP contribution in [-0.4, -0.2) is 41.4 Å². The van der Waals surface area contributed by atoms with Crippen molar-refractivity contribution in [3.05, 3.63) is 76.3 Å². The van der Waals surface area contributed by atoms with E-state index in [0.29, 0.717) is 5.13 Å². The van der Waals surface area contributed by atoms with Gasteiger partial charge in [0.25, 0.3) is 5.91 Å². The summed E-state index contributed by atoms with van der Waals surface area (Å²) in [7, 11) is 0. The third-order valence-corrected chi connectivity index (χ3v) is 6.05. The number of alkyl halides is 2. The zero-order valence-electron chi connectivity index (χ0n) is 17.6. The lowest BCUT2D eigenvalue weighted by Gasteiger charge is -2.25. The van der Waals surface area contributed by atoms with Gasteiger partial charge in [-0.15, -0.1) is 11.3 Å². The Balaban J connectivity index is 1.26. The lowest BCUT2D eigenvalue weighted by atomic mass is 10.1. The Hall–Kier alpha value is -3.37. The van der Waals surface area contributed by atoms with Crippen LogP contribution in [0, 0.1) is 0 Å². The van der Waals surface area contributed by atoms with Gasteiger partial charge in [0.15, 0.2) is 5.13 Å². The van der Waals surface area contributed by atoms with Gasteiger partial charge in [0.2, 0.25) is 5.91 Å². The van der Waals surface area contributed by atoms with E-state index in [1.54, 1.807) is 0 Å². The first-order valence-corrected chi connectivity index (χ1v) is 11.2. The van der Waals surface area contributed by atoms with Crippen LogP contribution in [0.15, 0.2) is 54.6 Å². The zero-order chi connectivity index (χ0) is 23.2. The normalized spacial score (nSPS) is 13.4. The lowest BCUT2D eigenvalue weighted by molar-refractivity contribution is -0.115. The number of anilines is 1. The first-order valence-electron chi connectivity index (χ1n) is 10.3. The van der Waals surface area contributed by atoms with E-state index >= 15 is 0 Å². The van der Waals surface area contributed by atoms with Crippen molar-refractivity contribution in [1.82, 2.24) is 15.2 Å². The minimum atomic E-state index is -2.93. The molecule has 33 heavy (non-hydrogen) atoms. The number of carbonyl (C=O) groups is 2. The minimum Gasteiger partial charge on any atom is -0.435 e. The van der Waals surface area contributed by atoms with Crippen molar-refractivity contribution < 1.29 is 23.1 Å². The van der Waals surface area contributed by atoms with Crippen molar-refractivity contribution in [2.24, 2.45) is 0 Å². The third kappa shape index (κ3) is 6.33. The van der Waals surface area contributed by atoms with Gasteiger partial charge in [-0.2, -0.15) is 8.78 Å². The summed E-state index contributed by atoms with van der Waals surface area (Å²) in [6.45, 7) is -0.632. The molecule has 1 aliphatic rings. The molecule has 0 spiro atoms. The highest BCUT2D eigenvalue weighted by molar-refractivity contribution is 7.15. The van der Waals surface area contributed by atoms with Gasteiger partial charge in [-0.25, -0.2) is 4.98 Å². The Kier molecular flexibility index (Phi) is 7.26. The molecule has 2 aromatic carbocycles. The van der Waals surface area contributed by atoms with Crippen LogP contribution < -0.4 is 15.4 Å². The molecular weight excluding hydrogens is 450 g/mol. The molecule has 2 N–H and O–H groups in total. The number of fused-ring (bicyclic) bond motifs is 1. The summed E-state index contributed by atoms with van der Waals surface area (Å²) in [6, 6.07) is 15.5. The molecule has 0 unspecified atom stereocenters. The molecule has 0 radical (unpaired) electrons. The number of rotatable bonds is 8. The van der Waals surface area contributed by atoms with Gasteiger partial charge in [-0.3, -0.25) is 14.5 Å². The highest BCUT2D eigenvalue weighted by atomic mass is 32.1. The SMILES string of the molecule is O=C(CNC(=O)c1ccc(OC(F)F)cc1)Nc1nc2c(s1)CN(Cc1ccccc1)CC2. The molecule has 0 atom stereocenters. The number of hydrogen-bond acceptors (Lipinski definition) is 6. The molecule has 2 heterocycles. The molecule has 0 bridgehead atoms. The number of ether oxygens (including phenoxy) is 1. The van der Waals surface area contributed by atoms with Gasteiger partial charge in [-0.1, -0.05) is 30.3 Å². The summed E-state index contributed by atoms with van der Waals surface area (Å²) in [5.74, 6) is -0.939. The molecule has 2 amide bonds. The number of aromatic nitrogens is 1. The fourth-order valence-corrected chi connectivity index (χ4v) is 4.56. The standard InChI is InChI=1S/C23H22F2N4O3S/c24-22(25)32-17-8-6-16(7-9-17)21(31)26-12-20(30)28-23-27-18-10-11-29(14-19(18)33-23)13-15-4-2-1-3-5-15/h1-9,22H,10-14H2,(H,26,31)(H,27,28,30). The van der Waals surface area contributed by atoms with Crippen LogP contribution in [0.4, 0.5) is 13.9 Å². The molecule has 0 aliphatic carbocycles. The van der Waals surface area contributed by atoms with E-state index in [1.807, 2.05) is 18.2 Å². The zero-order valence-corrected chi connectivity index (χ0v) is 18.4. The van der Waals surface area contributed by atoms with Gasteiger partial charge >= 0.3 is 6.61 Å². The van der Waals surface area contributed by atoms with Gasteiger partial charge in [-0.05, 0) is 29.8 Å². The molecule has 4 rings (SSSR count). The molecule has 3 aromatic rings. The number of nitrogens with zero attached hydrogens (tertiary/aromatic N) is 2. The van der Waals surface area contributed by atoms with Crippen molar-refractivity contribution in [3.63, 3.8) is 0 Å². The Morgan fingerprint density at radius 3 is 2.61 bits per heavy atom. The maximum absolute atomic E-state index is 12.3. The van der Waals surface area contributed by atoms with E-state index in [-0.39, 0.29) is 17.9 Å². The fraction of sp³-hybridized carbons (Fsp3) is 0.261. The number of hydrogen-bond donors (Lipinski definition) is 2. The largest absolute Gasteiger partial charge is 0.435 e. The van der Waals surface area contributed by atoms with Gasteiger partial charge in [0, 0.05) is 36.5 Å². The fourth-order valence-electron chi connectivity index (χ4n) is 3.49. The first-order chi connectivity index (χ1) is 16.0. The number of thiazole rings is 1. The summed E-state index contributed by atoms with van der Waals surface area (Å²) in [4.78, 5) is 32.4. The maximum atomic E-state index is 12.3. The van der Waals surface area contributed by atoms with Crippen LogP contribution in [0.5, 0.6) is 5.75 Å². The lowest BCUT2D eigenvalue weighted by Crippen LogP contribution is -2.32. The summed E-state index contributed by atoms with van der Waals surface area (Å²) >= 11 is 1.44. The van der Waals surface area contributed by atoms with Gasteiger partial charge in [0.1, 0.15) is 5.75 Å². The number of benzene rings is 2. The van der Waals surface area contributed by atoms with E-state index in [0.717, 1.165) is 36.6 Å². The van der Waals surface area contributed by atoms with Crippen LogP contribution >= 0.6 is 11.3 Å². The van der Waals surface area contributed by atoms with Gasteiger partial charge < -0.3 is 15.4 Å². The predicted octanol–water partition coefficient (Wildman–Crippen LogP) is 3.67. The van der Waals surface area contributed by atoms with Crippen molar-refractivity contribution in [2.75, 3.05) is 18.4 Å². The Bertz CT molecular complexity index is 1110. The van der Waals surface area contributed by atoms with Crippen molar-refractivity contribution in [2.45, 2.75) is 26.1 Å². The van der Waals surface area contributed by atoms with Crippen LogP contribution in [0.3, 0.4) is 0 Å². The molecule has 7 nitrogen and oxygen atoms in total. The van der Waals surface area contributed by atoms with E-state index < -0.39 is 18.4 Å². The van der Waals surface area contributed by atoms with Crippen molar-refractivity contribution in [1.29, 1.82) is 0 Å². The molecular formula is C23H22F2N4O3S. The topological polar surface area (TPSA) is 83.6 Å². The van der Waals surface area contributed by atoms with Crippen LogP contribution in [0.25, 0.3) is 0 Å². The Morgan fingerprint density at radius 2 is 1.88 bits per heavy atom. The summed E-state index contributed by atoms with van der Waals surface area (Å²) in [6.07, 6.45) is 0.816. The van der Waals surface area contributed by atoms with Crippen LogP contribution in [0.1, 0.15) is 26.5 Å². The molecule has 1 aliphatic heterocycles. The summed E-state index contributed by atoms with van der Waals surface area (Å²) in [5, 5.41) is 5.75. The van der Waals surface area contributed by atoms with E-state index in [9.17, 15) is 18.4 Å². The van der Waals surface area contributed by atoms with Crippen LogP contribution in [0.2, 0.25) is 0 Å². The molecule has 10 heteroatoms. The van der Waals surface area contributed by atoms with Crippen molar-refractivity contribution in [3.8, 4) is 5.75 Å². The van der Waals surface area contributed by atoms with E-state index in [4.69, 9.17) is 0 Å². The number of halogens is 2. The predicted molar refractivity (Wildman–Crippen MR) is 120 cm³/mol.